The van der Waals surface area contributed by atoms with Gasteiger partial charge in [-0.2, -0.15) is 0 Å². The van der Waals surface area contributed by atoms with Crippen molar-refractivity contribution in [3.63, 3.8) is 0 Å². The Hall–Kier alpha value is -2.28. The van der Waals surface area contributed by atoms with E-state index in [0.717, 1.165) is 11.1 Å². The average Bonchev–Trinajstić information content (AvgIpc) is 3.42. The Labute approximate surface area is 179 Å². The van der Waals surface area contributed by atoms with Crippen LogP contribution in [0, 0.1) is 11.3 Å². The van der Waals surface area contributed by atoms with Gasteiger partial charge in [0.05, 0.1) is 10.0 Å². The van der Waals surface area contributed by atoms with E-state index in [9.17, 15) is 9.59 Å². The molecule has 0 radical (unpaired) electrons. The first-order valence-corrected chi connectivity index (χ1v) is 9.93. The lowest BCUT2D eigenvalue weighted by atomic mass is 9.90. The van der Waals surface area contributed by atoms with Gasteiger partial charge in [0, 0.05) is 24.9 Å². The molecule has 0 heterocycles. The molecule has 1 saturated carbocycles. The highest BCUT2D eigenvalue weighted by molar-refractivity contribution is 6.42. The van der Waals surface area contributed by atoms with Crippen molar-refractivity contribution >= 4 is 35.0 Å². The number of hydrogen-bond donors (Lipinski definition) is 3. The summed E-state index contributed by atoms with van der Waals surface area (Å²) in [6.07, 6.45) is 1.34. The second-order valence-corrected chi connectivity index (χ2v) is 8.05. The second kappa shape index (κ2) is 9.03. The number of carbonyl (C=O) groups excluding carboxylic acids is 2. The number of benzene rings is 2. The minimum absolute atomic E-state index is 0.128. The molecule has 2 atom stereocenters. The molecule has 0 bridgehead atoms. The van der Waals surface area contributed by atoms with Gasteiger partial charge in [-0.1, -0.05) is 47.5 Å². The summed E-state index contributed by atoms with van der Waals surface area (Å²) in [5.74, 6) is -0.292. The van der Waals surface area contributed by atoms with Crippen LogP contribution in [0.4, 0.5) is 0 Å². The molecular weight excluding hydrogens is 415 g/mol. The van der Waals surface area contributed by atoms with E-state index in [1.54, 1.807) is 18.6 Å². The zero-order valence-corrected chi connectivity index (χ0v) is 17.4. The van der Waals surface area contributed by atoms with Crippen LogP contribution in [-0.4, -0.2) is 24.1 Å². The van der Waals surface area contributed by atoms with E-state index in [4.69, 9.17) is 33.1 Å². The predicted molar refractivity (Wildman–Crippen MR) is 110 cm³/mol. The Bertz CT molecular complexity index is 904. The molecule has 6 nitrogen and oxygen atoms in total. The van der Waals surface area contributed by atoms with Gasteiger partial charge < -0.3 is 10.1 Å². The molecule has 1 fully saturated rings. The van der Waals surface area contributed by atoms with E-state index in [2.05, 4.69) is 5.32 Å². The summed E-state index contributed by atoms with van der Waals surface area (Å²) in [4.78, 5) is 23.7. The summed E-state index contributed by atoms with van der Waals surface area (Å²) in [5, 5.41) is 12.5. The van der Waals surface area contributed by atoms with E-state index < -0.39 is 11.3 Å². The molecule has 0 aliphatic heterocycles. The van der Waals surface area contributed by atoms with Crippen molar-refractivity contribution in [3.8, 4) is 5.75 Å². The Morgan fingerprint density at radius 3 is 2.59 bits per heavy atom. The Balaban J connectivity index is 1.65. The van der Waals surface area contributed by atoms with Crippen LogP contribution in [0.15, 0.2) is 42.5 Å². The maximum absolute atomic E-state index is 11.9. The van der Waals surface area contributed by atoms with Gasteiger partial charge in [0.1, 0.15) is 12.4 Å². The van der Waals surface area contributed by atoms with Crippen LogP contribution in [0.25, 0.3) is 0 Å². The van der Waals surface area contributed by atoms with Gasteiger partial charge in [0.2, 0.25) is 11.8 Å². The van der Waals surface area contributed by atoms with Crippen LogP contribution < -0.4 is 15.5 Å². The van der Waals surface area contributed by atoms with Crippen molar-refractivity contribution < 1.29 is 19.5 Å². The van der Waals surface area contributed by atoms with E-state index in [1.165, 1.54) is 0 Å². The summed E-state index contributed by atoms with van der Waals surface area (Å²) in [5.41, 5.74) is 2.99. The zero-order valence-electron chi connectivity index (χ0n) is 15.9. The molecule has 8 heteroatoms. The van der Waals surface area contributed by atoms with E-state index in [-0.39, 0.29) is 24.9 Å². The molecule has 2 amide bonds. The number of hydroxylamine groups is 1. The van der Waals surface area contributed by atoms with Gasteiger partial charge in [-0.25, -0.2) is 5.48 Å². The second-order valence-electron chi connectivity index (χ2n) is 7.27. The summed E-state index contributed by atoms with van der Waals surface area (Å²) in [6, 6.07) is 12.9. The number of ether oxygens (including phenoxy) is 1. The highest BCUT2D eigenvalue weighted by Gasteiger charge is 2.58. The third-order valence-corrected chi connectivity index (χ3v) is 6.17. The lowest BCUT2D eigenvalue weighted by Gasteiger charge is -2.17. The minimum atomic E-state index is -0.483. The fourth-order valence-electron chi connectivity index (χ4n) is 3.59. The lowest BCUT2D eigenvalue weighted by molar-refractivity contribution is -0.131. The Kier molecular flexibility index (Phi) is 6.67. The lowest BCUT2D eigenvalue weighted by Crippen LogP contribution is -2.29. The Morgan fingerprint density at radius 1 is 1.21 bits per heavy atom. The van der Waals surface area contributed by atoms with E-state index in [0.29, 0.717) is 28.6 Å². The molecule has 154 valence electrons. The highest BCUT2D eigenvalue weighted by atomic mass is 35.5. The first-order chi connectivity index (χ1) is 13.9. The zero-order chi connectivity index (χ0) is 21.0. The molecule has 3 rings (SSSR count). The van der Waals surface area contributed by atoms with Gasteiger partial charge in [-0.3, -0.25) is 14.8 Å². The van der Waals surface area contributed by atoms with Crippen LogP contribution >= 0.6 is 23.2 Å². The molecule has 0 saturated heterocycles. The maximum Gasteiger partial charge on any atom is 0.247 e. The van der Waals surface area contributed by atoms with Gasteiger partial charge in [0.25, 0.3) is 0 Å². The van der Waals surface area contributed by atoms with Gasteiger partial charge in [-0.05, 0) is 42.0 Å². The largest absolute Gasteiger partial charge is 0.489 e. The molecule has 0 unspecified atom stereocenters. The van der Waals surface area contributed by atoms with Crippen LogP contribution in [0.2, 0.25) is 10.0 Å². The number of nitrogens with one attached hydrogen (secondary N) is 2. The van der Waals surface area contributed by atoms with Gasteiger partial charge in [0.15, 0.2) is 0 Å². The molecule has 0 spiro atoms. The van der Waals surface area contributed by atoms with Gasteiger partial charge >= 0.3 is 0 Å². The summed E-state index contributed by atoms with van der Waals surface area (Å²) in [7, 11) is 1.57. The SMILES string of the molecule is CNC(=O)C[C@@]1(Cc2ccc(OCc3cccc(Cl)c3Cl)cc2)C[C@@H]1C(=O)NO. The number of carbonyl (C=O) groups is 2. The summed E-state index contributed by atoms with van der Waals surface area (Å²) in [6.45, 7) is 0.290. The quantitative estimate of drug-likeness (QED) is 0.434. The van der Waals surface area contributed by atoms with Crippen molar-refractivity contribution in [2.45, 2.75) is 25.9 Å². The first-order valence-electron chi connectivity index (χ1n) is 9.17. The molecular formula is C21H22Cl2N2O4. The van der Waals surface area contributed by atoms with Gasteiger partial charge in [-0.15, -0.1) is 0 Å². The Morgan fingerprint density at radius 2 is 1.93 bits per heavy atom. The van der Waals surface area contributed by atoms with Crippen molar-refractivity contribution in [2.24, 2.45) is 11.3 Å². The molecule has 0 aromatic heterocycles. The molecule has 1 aliphatic carbocycles. The summed E-state index contributed by atoms with van der Waals surface area (Å²) >= 11 is 12.2. The maximum atomic E-state index is 11.9. The first kappa shape index (κ1) is 21.4. The van der Waals surface area contributed by atoms with Crippen LogP contribution in [0.1, 0.15) is 24.0 Å². The number of hydrogen-bond acceptors (Lipinski definition) is 4. The predicted octanol–water partition coefficient (Wildman–Crippen LogP) is 3.76. The van der Waals surface area contributed by atoms with Crippen LogP contribution in [0.5, 0.6) is 5.75 Å². The molecule has 29 heavy (non-hydrogen) atoms. The monoisotopic (exact) mass is 436 g/mol. The van der Waals surface area contributed by atoms with E-state index >= 15 is 0 Å². The van der Waals surface area contributed by atoms with Crippen molar-refractivity contribution in [2.75, 3.05) is 7.05 Å². The van der Waals surface area contributed by atoms with Crippen molar-refractivity contribution in [1.82, 2.24) is 10.8 Å². The average molecular weight is 437 g/mol. The van der Waals surface area contributed by atoms with Crippen LogP contribution in [0.3, 0.4) is 0 Å². The van der Waals surface area contributed by atoms with Crippen molar-refractivity contribution in [1.29, 1.82) is 0 Å². The number of halogens is 2. The highest BCUT2D eigenvalue weighted by Crippen LogP contribution is 2.57. The fourth-order valence-corrected chi connectivity index (χ4v) is 3.96. The molecule has 1 aliphatic rings. The summed E-state index contributed by atoms with van der Waals surface area (Å²) < 4.78 is 5.78. The third kappa shape index (κ3) is 5.01. The number of rotatable bonds is 8. The molecule has 2 aromatic carbocycles. The molecule has 3 N–H and O–H groups in total. The smallest absolute Gasteiger partial charge is 0.247 e. The minimum Gasteiger partial charge on any atom is -0.489 e. The normalized spacial score (nSPS) is 20.1. The number of amides is 2. The van der Waals surface area contributed by atoms with Crippen molar-refractivity contribution in [3.05, 3.63) is 63.6 Å². The fraction of sp³-hybridized carbons (Fsp3) is 0.333. The van der Waals surface area contributed by atoms with E-state index in [1.807, 2.05) is 36.4 Å². The molecule has 2 aromatic rings. The third-order valence-electron chi connectivity index (χ3n) is 5.31. The standard InChI is InChI=1S/C21H22Cl2N2O4/c1-24-18(26)11-21(10-16(21)20(27)25-28)9-13-5-7-15(8-6-13)29-12-14-3-2-4-17(22)19(14)23/h2-8,16,28H,9-12H2,1H3,(H,24,26)(H,25,27)/t16-,21-/m1/s1. The van der Waals surface area contributed by atoms with Crippen LogP contribution in [-0.2, 0) is 22.6 Å². The topological polar surface area (TPSA) is 87.7 Å².